The molecular formula is C24H28N4O2. The van der Waals surface area contributed by atoms with E-state index < -0.39 is 0 Å². The minimum Gasteiger partial charge on any atom is -0.365 e. The number of aromatic nitrogens is 2. The van der Waals surface area contributed by atoms with Crippen LogP contribution in [-0.4, -0.2) is 46.0 Å². The van der Waals surface area contributed by atoms with Gasteiger partial charge in [0.25, 0.3) is 5.56 Å². The summed E-state index contributed by atoms with van der Waals surface area (Å²) in [4.78, 5) is 34.2. The molecule has 6 nitrogen and oxygen atoms in total. The lowest BCUT2D eigenvalue weighted by molar-refractivity contribution is -0.132. The predicted molar refractivity (Wildman–Crippen MR) is 120 cm³/mol. The first kappa shape index (κ1) is 20.1. The monoisotopic (exact) mass is 404 g/mol. The van der Waals surface area contributed by atoms with E-state index >= 15 is 0 Å². The van der Waals surface area contributed by atoms with Crippen LogP contribution in [0.5, 0.6) is 0 Å². The van der Waals surface area contributed by atoms with Crippen molar-refractivity contribution >= 4 is 22.6 Å². The summed E-state index contributed by atoms with van der Waals surface area (Å²) in [5.74, 6) is 0.0937. The van der Waals surface area contributed by atoms with Crippen LogP contribution in [0.25, 0.3) is 11.0 Å². The van der Waals surface area contributed by atoms with Crippen molar-refractivity contribution < 1.29 is 4.79 Å². The van der Waals surface area contributed by atoms with Crippen LogP contribution in [0.2, 0.25) is 0 Å². The van der Waals surface area contributed by atoms with Gasteiger partial charge in [-0.05, 0) is 50.6 Å². The molecule has 1 saturated heterocycles. The number of aryl methyl sites for hydroxylation is 3. The zero-order valence-corrected chi connectivity index (χ0v) is 17.8. The molecule has 0 radical (unpaired) electrons. The van der Waals surface area contributed by atoms with E-state index in [4.69, 9.17) is 0 Å². The second-order valence-electron chi connectivity index (χ2n) is 8.11. The van der Waals surface area contributed by atoms with Crippen molar-refractivity contribution in [3.05, 3.63) is 70.1 Å². The number of hydrogen-bond acceptors (Lipinski definition) is 4. The van der Waals surface area contributed by atoms with Crippen LogP contribution in [0.15, 0.2) is 53.3 Å². The molecule has 1 aliphatic rings. The van der Waals surface area contributed by atoms with Gasteiger partial charge in [-0.25, -0.2) is 4.98 Å². The van der Waals surface area contributed by atoms with Crippen molar-refractivity contribution in [2.24, 2.45) is 0 Å². The second kappa shape index (κ2) is 8.30. The summed E-state index contributed by atoms with van der Waals surface area (Å²) in [6.45, 7) is 8.55. The van der Waals surface area contributed by atoms with Crippen LogP contribution in [0.3, 0.4) is 0 Å². The molecule has 0 bridgehead atoms. The highest BCUT2D eigenvalue weighted by Crippen LogP contribution is 2.22. The van der Waals surface area contributed by atoms with Crippen LogP contribution < -0.4 is 10.5 Å². The number of anilines is 1. The molecule has 1 aliphatic heterocycles. The van der Waals surface area contributed by atoms with Crippen LogP contribution in [-0.2, 0) is 11.3 Å². The summed E-state index contributed by atoms with van der Waals surface area (Å²) >= 11 is 0. The van der Waals surface area contributed by atoms with E-state index in [0.717, 1.165) is 17.6 Å². The van der Waals surface area contributed by atoms with E-state index in [2.05, 4.69) is 48.0 Å². The third-order valence-corrected chi connectivity index (χ3v) is 5.88. The van der Waals surface area contributed by atoms with Gasteiger partial charge in [0.2, 0.25) is 5.91 Å². The topological polar surface area (TPSA) is 58.4 Å². The fraction of sp³-hybridized carbons (Fsp3) is 0.375. The van der Waals surface area contributed by atoms with Crippen molar-refractivity contribution in [1.82, 2.24) is 14.5 Å². The summed E-state index contributed by atoms with van der Waals surface area (Å²) in [6.07, 6.45) is 0.310. The smallest absolute Gasteiger partial charge is 0.272 e. The van der Waals surface area contributed by atoms with Gasteiger partial charge in [0.05, 0.1) is 11.0 Å². The van der Waals surface area contributed by atoms with Gasteiger partial charge in [-0.3, -0.25) is 9.59 Å². The molecule has 2 heterocycles. The SMILES string of the molecule is Cc1cccc(N2CCN(C(=O)CCn3c(=O)c(C)nc4ccccc43)C[C@H]2C)c1. The van der Waals surface area contributed by atoms with E-state index in [1.54, 1.807) is 11.5 Å². The Hall–Kier alpha value is -3.15. The molecule has 0 N–H and O–H groups in total. The lowest BCUT2D eigenvalue weighted by atomic mass is 10.1. The van der Waals surface area contributed by atoms with E-state index in [1.807, 2.05) is 29.2 Å². The first-order valence-electron chi connectivity index (χ1n) is 10.5. The molecule has 0 aliphatic carbocycles. The van der Waals surface area contributed by atoms with E-state index in [9.17, 15) is 9.59 Å². The number of benzene rings is 2. The Morgan fingerprint density at radius 2 is 1.90 bits per heavy atom. The molecule has 3 aromatic rings. The van der Waals surface area contributed by atoms with E-state index in [-0.39, 0.29) is 17.5 Å². The Morgan fingerprint density at radius 3 is 2.67 bits per heavy atom. The van der Waals surface area contributed by atoms with E-state index in [0.29, 0.717) is 31.7 Å². The normalized spacial score (nSPS) is 16.8. The zero-order valence-electron chi connectivity index (χ0n) is 17.8. The summed E-state index contributed by atoms with van der Waals surface area (Å²) in [6, 6.07) is 16.3. The maximum atomic E-state index is 12.9. The minimum atomic E-state index is -0.126. The molecular weight excluding hydrogens is 376 g/mol. The average molecular weight is 405 g/mol. The van der Waals surface area contributed by atoms with Crippen LogP contribution >= 0.6 is 0 Å². The van der Waals surface area contributed by atoms with Crippen molar-refractivity contribution in [3.8, 4) is 0 Å². The highest BCUT2D eigenvalue weighted by atomic mass is 16.2. The third kappa shape index (κ3) is 3.95. The molecule has 156 valence electrons. The highest BCUT2D eigenvalue weighted by Gasteiger charge is 2.27. The van der Waals surface area contributed by atoms with Gasteiger partial charge in [-0.15, -0.1) is 0 Å². The number of carbonyl (C=O) groups is 1. The molecule has 1 fully saturated rings. The molecule has 30 heavy (non-hydrogen) atoms. The Labute approximate surface area is 176 Å². The molecule has 1 aromatic heterocycles. The fourth-order valence-electron chi connectivity index (χ4n) is 4.28. The van der Waals surface area contributed by atoms with Gasteiger partial charge in [-0.2, -0.15) is 0 Å². The summed E-state index contributed by atoms with van der Waals surface area (Å²) in [5.41, 5.74) is 4.34. The summed E-state index contributed by atoms with van der Waals surface area (Å²) in [7, 11) is 0. The van der Waals surface area contributed by atoms with Gasteiger partial charge >= 0.3 is 0 Å². The number of para-hydroxylation sites is 2. The quantitative estimate of drug-likeness (QED) is 0.670. The maximum Gasteiger partial charge on any atom is 0.272 e. The number of rotatable bonds is 4. The number of nitrogens with zero attached hydrogens (tertiary/aromatic N) is 4. The number of hydrogen-bond donors (Lipinski definition) is 0. The van der Waals surface area contributed by atoms with Gasteiger partial charge < -0.3 is 14.4 Å². The van der Waals surface area contributed by atoms with Gasteiger partial charge in [-0.1, -0.05) is 24.3 Å². The lowest BCUT2D eigenvalue weighted by Crippen LogP contribution is -2.54. The lowest BCUT2D eigenvalue weighted by Gasteiger charge is -2.41. The van der Waals surface area contributed by atoms with Crippen molar-refractivity contribution in [2.45, 2.75) is 39.8 Å². The Balaban J connectivity index is 1.44. The molecule has 4 rings (SSSR count). The number of piperazine rings is 1. The molecule has 2 aromatic carbocycles. The van der Waals surface area contributed by atoms with Crippen LogP contribution in [0, 0.1) is 13.8 Å². The molecule has 0 spiro atoms. The number of amides is 1. The molecule has 1 atom stereocenters. The second-order valence-corrected chi connectivity index (χ2v) is 8.11. The maximum absolute atomic E-state index is 12.9. The first-order valence-corrected chi connectivity index (χ1v) is 10.5. The Kier molecular flexibility index (Phi) is 5.57. The van der Waals surface area contributed by atoms with Gasteiger partial charge in [0.1, 0.15) is 5.69 Å². The van der Waals surface area contributed by atoms with Crippen LogP contribution in [0.4, 0.5) is 5.69 Å². The van der Waals surface area contributed by atoms with Crippen molar-refractivity contribution in [2.75, 3.05) is 24.5 Å². The molecule has 1 amide bonds. The Morgan fingerprint density at radius 1 is 1.10 bits per heavy atom. The first-order chi connectivity index (χ1) is 14.4. The van der Waals surface area contributed by atoms with Crippen molar-refractivity contribution in [3.63, 3.8) is 0 Å². The minimum absolute atomic E-state index is 0.0937. The average Bonchev–Trinajstić information content (AvgIpc) is 2.74. The molecule has 0 saturated carbocycles. The van der Waals surface area contributed by atoms with Crippen LogP contribution in [0.1, 0.15) is 24.6 Å². The highest BCUT2D eigenvalue weighted by molar-refractivity contribution is 5.78. The predicted octanol–water partition coefficient (Wildman–Crippen LogP) is 3.14. The summed E-state index contributed by atoms with van der Waals surface area (Å²) < 4.78 is 1.68. The third-order valence-electron chi connectivity index (χ3n) is 5.88. The van der Waals surface area contributed by atoms with Gasteiger partial charge in [0.15, 0.2) is 0 Å². The van der Waals surface area contributed by atoms with Gasteiger partial charge in [0, 0.05) is 44.3 Å². The van der Waals surface area contributed by atoms with Crippen molar-refractivity contribution in [1.29, 1.82) is 0 Å². The standard InChI is InChI=1S/C24H28N4O2/c1-17-7-6-8-20(15-17)27-14-13-26(16-18(27)2)23(29)11-12-28-22-10-5-4-9-21(22)25-19(3)24(28)30/h4-10,15,18H,11-14,16H2,1-3H3/t18-/m1/s1. The molecule has 6 heteroatoms. The molecule has 0 unspecified atom stereocenters. The number of fused-ring (bicyclic) bond motifs is 1. The summed E-state index contributed by atoms with van der Waals surface area (Å²) in [5, 5.41) is 0. The largest absolute Gasteiger partial charge is 0.365 e. The van der Waals surface area contributed by atoms with E-state index in [1.165, 1.54) is 11.3 Å². The zero-order chi connectivity index (χ0) is 21.3. The fourth-order valence-corrected chi connectivity index (χ4v) is 4.28. The Bertz CT molecular complexity index is 1140. The number of carbonyl (C=O) groups excluding carboxylic acids is 1.